The zero-order valence-corrected chi connectivity index (χ0v) is 20.5. The minimum Gasteiger partial charge on any atom is -0.395 e. The van der Waals surface area contributed by atoms with Crippen LogP contribution in [0.4, 0.5) is 0 Å². The van der Waals surface area contributed by atoms with Crippen LogP contribution in [0.2, 0.25) is 0 Å². The van der Waals surface area contributed by atoms with Gasteiger partial charge in [-0.3, -0.25) is 14.6 Å². The van der Waals surface area contributed by atoms with Gasteiger partial charge in [0.05, 0.1) is 23.4 Å². The van der Waals surface area contributed by atoms with Crippen molar-refractivity contribution >= 4 is 28.3 Å². The molecule has 1 aliphatic heterocycles. The predicted octanol–water partition coefficient (Wildman–Crippen LogP) is 4.52. The SMILES string of the molecule is O=C(NCCO)C1=C(c2ccc3ncccc3c2)C(=O)n2nc(-c3ccccc3)c(-c3ccccc3)c2C1. The largest absolute Gasteiger partial charge is 0.395 e. The van der Waals surface area contributed by atoms with Crippen LogP contribution >= 0.6 is 0 Å². The van der Waals surface area contributed by atoms with Crippen LogP contribution in [0.15, 0.2) is 103 Å². The minimum atomic E-state index is -0.388. The molecule has 3 heterocycles. The van der Waals surface area contributed by atoms with Crippen LogP contribution in [0, 0.1) is 0 Å². The highest BCUT2D eigenvalue weighted by molar-refractivity contribution is 6.28. The van der Waals surface area contributed by atoms with E-state index in [0.29, 0.717) is 28.1 Å². The van der Waals surface area contributed by atoms with Crippen molar-refractivity contribution < 1.29 is 14.7 Å². The summed E-state index contributed by atoms with van der Waals surface area (Å²) in [6, 6.07) is 28.8. The first-order valence-corrected chi connectivity index (χ1v) is 12.4. The van der Waals surface area contributed by atoms with Crippen LogP contribution in [0.1, 0.15) is 16.1 Å². The van der Waals surface area contributed by atoms with Gasteiger partial charge >= 0.3 is 0 Å². The van der Waals surface area contributed by atoms with Crippen molar-refractivity contribution in [2.75, 3.05) is 13.2 Å². The highest BCUT2D eigenvalue weighted by Gasteiger charge is 2.35. The van der Waals surface area contributed by atoms with Crippen LogP contribution in [-0.4, -0.2) is 44.8 Å². The maximum Gasteiger partial charge on any atom is 0.279 e. The summed E-state index contributed by atoms with van der Waals surface area (Å²) in [5, 5.41) is 17.8. The van der Waals surface area contributed by atoms with Gasteiger partial charge in [-0.2, -0.15) is 9.78 Å². The number of rotatable bonds is 6. The number of amides is 1. The molecule has 0 bridgehead atoms. The van der Waals surface area contributed by atoms with Crippen LogP contribution in [-0.2, 0) is 11.2 Å². The van der Waals surface area contributed by atoms with Gasteiger partial charge in [0.1, 0.15) is 5.69 Å². The van der Waals surface area contributed by atoms with E-state index in [-0.39, 0.29) is 31.4 Å². The van der Waals surface area contributed by atoms with Crippen LogP contribution < -0.4 is 5.32 Å². The van der Waals surface area contributed by atoms with Gasteiger partial charge in [-0.15, -0.1) is 0 Å². The van der Waals surface area contributed by atoms with Crippen molar-refractivity contribution in [1.82, 2.24) is 20.1 Å². The summed E-state index contributed by atoms with van der Waals surface area (Å²) < 4.78 is 1.44. The Labute approximate surface area is 219 Å². The molecule has 0 fully saturated rings. The topological polar surface area (TPSA) is 97.1 Å². The fourth-order valence-corrected chi connectivity index (χ4v) is 4.98. The molecule has 0 unspecified atom stereocenters. The van der Waals surface area contributed by atoms with E-state index in [1.165, 1.54) is 4.68 Å². The lowest BCUT2D eigenvalue weighted by Gasteiger charge is -2.22. The second-order valence-corrected chi connectivity index (χ2v) is 9.04. The van der Waals surface area contributed by atoms with Crippen molar-refractivity contribution in [3.63, 3.8) is 0 Å². The molecule has 0 saturated carbocycles. The number of aliphatic hydroxyl groups is 1. The first-order valence-electron chi connectivity index (χ1n) is 12.4. The molecule has 38 heavy (non-hydrogen) atoms. The van der Waals surface area contributed by atoms with Crippen LogP contribution in [0.5, 0.6) is 0 Å². The Morgan fingerprint density at radius 1 is 0.895 bits per heavy atom. The molecular formula is C31H24N4O3. The molecule has 186 valence electrons. The Morgan fingerprint density at radius 3 is 2.37 bits per heavy atom. The number of nitrogens with zero attached hydrogens (tertiary/aromatic N) is 3. The molecule has 7 heteroatoms. The smallest absolute Gasteiger partial charge is 0.279 e. The van der Waals surface area contributed by atoms with Crippen molar-refractivity contribution in [2.45, 2.75) is 6.42 Å². The van der Waals surface area contributed by atoms with E-state index in [0.717, 1.165) is 27.6 Å². The van der Waals surface area contributed by atoms with E-state index in [4.69, 9.17) is 5.10 Å². The molecule has 0 atom stereocenters. The Kier molecular flexibility index (Phi) is 6.11. The number of allylic oxidation sites excluding steroid dienone is 1. The molecule has 6 rings (SSSR count). The first kappa shape index (κ1) is 23.5. The summed E-state index contributed by atoms with van der Waals surface area (Å²) in [5.41, 5.74) is 5.99. The van der Waals surface area contributed by atoms with Gasteiger partial charge in [-0.1, -0.05) is 72.8 Å². The van der Waals surface area contributed by atoms with Gasteiger partial charge in [0.2, 0.25) is 5.91 Å². The van der Waals surface area contributed by atoms with Gasteiger partial charge in [0.25, 0.3) is 5.91 Å². The molecule has 3 aromatic carbocycles. The summed E-state index contributed by atoms with van der Waals surface area (Å²) in [6.45, 7) is -0.110. The van der Waals surface area contributed by atoms with Crippen molar-refractivity contribution in [1.29, 1.82) is 0 Å². The standard InChI is InChI=1S/C31H24N4O3/c36-17-16-33-30(37)24-19-26-28(20-8-3-1-4-9-20)29(21-10-5-2-6-11-21)34-35(26)31(38)27(24)23-13-14-25-22(18-23)12-7-15-32-25/h1-15,18,36H,16-17,19H2,(H,33,37). The summed E-state index contributed by atoms with van der Waals surface area (Å²) in [6.07, 6.45) is 1.92. The lowest BCUT2D eigenvalue weighted by molar-refractivity contribution is -0.117. The number of aliphatic hydroxyl groups excluding tert-OH is 1. The zero-order chi connectivity index (χ0) is 26.1. The van der Waals surface area contributed by atoms with Crippen molar-refractivity contribution in [2.24, 2.45) is 0 Å². The fourth-order valence-electron chi connectivity index (χ4n) is 4.98. The quantitative estimate of drug-likeness (QED) is 0.357. The number of nitrogens with one attached hydrogen (secondary N) is 1. The van der Waals surface area contributed by atoms with Gasteiger partial charge in [0.15, 0.2) is 0 Å². The average molecular weight is 501 g/mol. The van der Waals surface area contributed by atoms with Gasteiger partial charge in [-0.25, -0.2) is 0 Å². The van der Waals surface area contributed by atoms with E-state index < -0.39 is 0 Å². The highest BCUT2D eigenvalue weighted by Crippen LogP contribution is 2.40. The number of carbonyl (C=O) groups is 2. The third-order valence-corrected chi connectivity index (χ3v) is 6.71. The maximum atomic E-state index is 14.2. The van der Waals surface area contributed by atoms with Crippen LogP contribution in [0.3, 0.4) is 0 Å². The molecule has 0 radical (unpaired) electrons. The molecule has 7 nitrogen and oxygen atoms in total. The minimum absolute atomic E-state index is 0.0888. The summed E-state index contributed by atoms with van der Waals surface area (Å²) in [5.74, 6) is -0.760. The molecule has 0 spiro atoms. The molecule has 2 aromatic heterocycles. The molecular weight excluding hydrogens is 476 g/mol. The van der Waals surface area contributed by atoms with E-state index in [1.807, 2.05) is 91.0 Å². The Bertz CT molecular complexity index is 1710. The first-order chi connectivity index (χ1) is 18.7. The fraction of sp³-hybridized carbons (Fsp3) is 0.0968. The third-order valence-electron chi connectivity index (χ3n) is 6.71. The number of benzene rings is 3. The lowest BCUT2D eigenvalue weighted by Crippen LogP contribution is -2.34. The second-order valence-electron chi connectivity index (χ2n) is 9.04. The summed E-state index contributed by atoms with van der Waals surface area (Å²) in [7, 11) is 0. The van der Waals surface area contributed by atoms with E-state index >= 15 is 0 Å². The van der Waals surface area contributed by atoms with Crippen LogP contribution in [0.25, 0.3) is 38.9 Å². The van der Waals surface area contributed by atoms with Crippen molar-refractivity contribution in [3.05, 3.63) is 114 Å². The average Bonchev–Trinajstić information content (AvgIpc) is 3.36. The number of aromatic nitrogens is 3. The number of hydrogen-bond donors (Lipinski definition) is 2. The second kappa shape index (κ2) is 9.88. The normalized spacial score (nSPS) is 13.0. The molecule has 0 saturated heterocycles. The molecule has 5 aromatic rings. The molecule has 0 aliphatic carbocycles. The third kappa shape index (κ3) is 4.09. The molecule has 1 aliphatic rings. The van der Waals surface area contributed by atoms with Crippen molar-refractivity contribution in [3.8, 4) is 22.4 Å². The van der Waals surface area contributed by atoms with E-state index in [1.54, 1.807) is 6.20 Å². The number of carbonyl (C=O) groups excluding carboxylic acids is 2. The summed E-state index contributed by atoms with van der Waals surface area (Å²) in [4.78, 5) is 32.0. The highest BCUT2D eigenvalue weighted by atomic mass is 16.3. The maximum absolute atomic E-state index is 14.2. The van der Waals surface area contributed by atoms with E-state index in [2.05, 4.69) is 10.3 Å². The number of hydrogen-bond acceptors (Lipinski definition) is 5. The van der Waals surface area contributed by atoms with Gasteiger partial charge < -0.3 is 10.4 Å². The predicted molar refractivity (Wildman–Crippen MR) is 146 cm³/mol. The number of fused-ring (bicyclic) bond motifs is 2. The monoisotopic (exact) mass is 500 g/mol. The lowest BCUT2D eigenvalue weighted by atomic mass is 9.89. The molecule has 2 N–H and O–H groups in total. The summed E-state index contributed by atoms with van der Waals surface area (Å²) >= 11 is 0. The van der Waals surface area contributed by atoms with E-state index in [9.17, 15) is 14.7 Å². The number of pyridine rings is 1. The zero-order valence-electron chi connectivity index (χ0n) is 20.5. The Morgan fingerprint density at radius 2 is 1.63 bits per heavy atom. The Balaban J connectivity index is 1.58. The molecule has 1 amide bonds. The van der Waals surface area contributed by atoms with Gasteiger partial charge in [-0.05, 0) is 29.3 Å². The van der Waals surface area contributed by atoms with Gasteiger partial charge in [0, 0.05) is 41.2 Å². The Hall–Kier alpha value is -4.88.